The molecule has 0 atom stereocenters. The minimum absolute atomic E-state index is 0.0201. The van der Waals surface area contributed by atoms with Crippen LogP contribution in [-0.2, 0) is 16.0 Å². The Kier molecular flexibility index (Phi) is 7.82. The van der Waals surface area contributed by atoms with Crippen molar-refractivity contribution >= 4 is 52.5 Å². The zero-order valence-corrected chi connectivity index (χ0v) is 16.9. The number of hydrogen-bond acceptors (Lipinski definition) is 3. The molecule has 0 aliphatic carbocycles. The highest BCUT2D eigenvalue weighted by molar-refractivity contribution is 8.00. The van der Waals surface area contributed by atoms with Gasteiger partial charge in [0.2, 0.25) is 11.8 Å². The summed E-state index contributed by atoms with van der Waals surface area (Å²) >= 11 is 13.5. The van der Waals surface area contributed by atoms with E-state index in [0.717, 1.165) is 17.7 Å². The lowest BCUT2D eigenvalue weighted by Gasteiger charge is -2.18. The van der Waals surface area contributed by atoms with Crippen LogP contribution in [0.1, 0.15) is 12.5 Å². The number of amides is 2. The van der Waals surface area contributed by atoms with E-state index in [1.54, 1.807) is 25.2 Å². The van der Waals surface area contributed by atoms with Gasteiger partial charge < -0.3 is 10.2 Å². The fourth-order valence-electron chi connectivity index (χ4n) is 2.31. The van der Waals surface area contributed by atoms with Crippen LogP contribution in [0.4, 0.5) is 5.69 Å². The largest absolute Gasteiger partial charge is 0.336 e. The second-order valence-electron chi connectivity index (χ2n) is 5.65. The lowest BCUT2D eigenvalue weighted by molar-refractivity contribution is -0.131. The van der Waals surface area contributed by atoms with Gasteiger partial charge in [0.1, 0.15) is 0 Å². The monoisotopic (exact) mass is 410 g/mol. The molecule has 0 spiro atoms. The molecular weight excluding hydrogens is 391 g/mol. The standard InChI is InChI=1S/C19H20Cl2N2O2S/c1-3-13-7-4-5-10-16(13)22-17(24)11-23(2)18(25)12-26-19-14(20)8-6-9-15(19)21/h4-10H,3,11-12H2,1-2H3,(H,22,24). The molecule has 138 valence electrons. The van der Waals surface area contributed by atoms with Crippen molar-refractivity contribution in [3.05, 3.63) is 58.1 Å². The normalized spacial score (nSPS) is 10.5. The van der Waals surface area contributed by atoms with Crippen molar-refractivity contribution in [2.75, 3.05) is 24.7 Å². The molecule has 7 heteroatoms. The maximum Gasteiger partial charge on any atom is 0.243 e. The second-order valence-corrected chi connectivity index (χ2v) is 7.45. The van der Waals surface area contributed by atoms with Crippen molar-refractivity contribution in [1.82, 2.24) is 4.90 Å². The van der Waals surface area contributed by atoms with Crippen LogP contribution in [0.3, 0.4) is 0 Å². The Morgan fingerprint density at radius 2 is 1.73 bits per heavy atom. The van der Waals surface area contributed by atoms with E-state index in [1.807, 2.05) is 31.2 Å². The number of benzene rings is 2. The molecule has 0 saturated carbocycles. The molecule has 0 aromatic heterocycles. The summed E-state index contributed by atoms with van der Waals surface area (Å²) in [5, 5.41) is 3.87. The minimum Gasteiger partial charge on any atom is -0.336 e. The van der Waals surface area contributed by atoms with E-state index in [4.69, 9.17) is 23.2 Å². The molecule has 1 N–H and O–H groups in total. The summed E-state index contributed by atoms with van der Waals surface area (Å²) in [7, 11) is 1.60. The number of carbonyl (C=O) groups is 2. The van der Waals surface area contributed by atoms with Crippen LogP contribution >= 0.6 is 35.0 Å². The Labute approximate surface area is 167 Å². The maximum atomic E-state index is 12.3. The average molecular weight is 411 g/mol. The van der Waals surface area contributed by atoms with Crippen molar-refractivity contribution in [3.8, 4) is 0 Å². The molecule has 2 rings (SSSR count). The van der Waals surface area contributed by atoms with E-state index in [2.05, 4.69) is 5.32 Å². The van der Waals surface area contributed by atoms with Crippen molar-refractivity contribution in [2.24, 2.45) is 0 Å². The molecular formula is C19H20Cl2N2O2S. The highest BCUT2D eigenvalue weighted by Crippen LogP contribution is 2.33. The number of para-hydroxylation sites is 1. The Balaban J connectivity index is 1.89. The smallest absolute Gasteiger partial charge is 0.243 e. The third-order valence-corrected chi connectivity index (χ3v) is 5.71. The molecule has 0 heterocycles. The SMILES string of the molecule is CCc1ccccc1NC(=O)CN(C)C(=O)CSc1c(Cl)cccc1Cl. The van der Waals surface area contributed by atoms with Crippen LogP contribution in [0.5, 0.6) is 0 Å². The summed E-state index contributed by atoms with van der Waals surface area (Å²) in [5.74, 6) is -0.258. The third-order valence-electron chi connectivity index (χ3n) is 3.74. The predicted octanol–water partition coefficient (Wildman–Crippen LogP) is 4.75. The first kappa shape index (κ1) is 20.6. The van der Waals surface area contributed by atoms with Crippen LogP contribution in [0.2, 0.25) is 10.0 Å². The van der Waals surface area contributed by atoms with Crippen molar-refractivity contribution < 1.29 is 9.59 Å². The average Bonchev–Trinajstić information content (AvgIpc) is 2.61. The van der Waals surface area contributed by atoms with Gasteiger partial charge in [0.15, 0.2) is 0 Å². The number of rotatable bonds is 7. The van der Waals surface area contributed by atoms with Gasteiger partial charge in [-0.25, -0.2) is 0 Å². The molecule has 2 aromatic rings. The van der Waals surface area contributed by atoms with Gasteiger partial charge in [-0.3, -0.25) is 9.59 Å². The summed E-state index contributed by atoms with van der Waals surface area (Å²) in [5.41, 5.74) is 1.83. The third kappa shape index (κ3) is 5.66. The number of likely N-dealkylation sites (N-methyl/N-ethyl adjacent to an activating group) is 1. The van der Waals surface area contributed by atoms with Gasteiger partial charge in [-0.05, 0) is 30.2 Å². The van der Waals surface area contributed by atoms with Gasteiger partial charge in [0, 0.05) is 17.6 Å². The zero-order valence-electron chi connectivity index (χ0n) is 14.6. The predicted molar refractivity (Wildman–Crippen MR) is 109 cm³/mol. The number of anilines is 1. The number of carbonyl (C=O) groups excluding carboxylic acids is 2. The van der Waals surface area contributed by atoms with Crippen molar-refractivity contribution in [3.63, 3.8) is 0 Å². The molecule has 0 fully saturated rings. The Morgan fingerprint density at radius 3 is 2.38 bits per heavy atom. The molecule has 2 amide bonds. The van der Waals surface area contributed by atoms with Crippen LogP contribution in [0.25, 0.3) is 0 Å². The lowest BCUT2D eigenvalue weighted by Crippen LogP contribution is -2.36. The van der Waals surface area contributed by atoms with Gasteiger partial charge in [-0.2, -0.15) is 0 Å². The van der Waals surface area contributed by atoms with Gasteiger partial charge >= 0.3 is 0 Å². The molecule has 4 nitrogen and oxygen atoms in total. The Bertz CT molecular complexity index is 779. The number of thioether (sulfide) groups is 1. The van der Waals surface area contributed by atoms with Gasteiger partial charge in [0.05, 0.1) is 22.3 Å². The molecule has 0 aliphatic rings. The summed E-state index contributed by atoms with van der Waals surface area (Å²) < 4.78 is 0. The van der Waals surface area contributed by atoms with E-state index in [-0.39, 0.29) is 24.1 Å². The molecule has 0 bridgehead atoms. The summed E-state index contributed by atoms with van der Waals surface area (Å²) in [4.78, 5) is 26.6. The summed E-state index contributed by atoms with van der Waals surface area (Å²) in [6.07, 6.45) is 0.820. The molecule has 0 saturated heterocycles. The van der Waals surface area contributed by atoms with Gasteiger partial charge in [-0.1, -0.05) is 54.4 Å². The molecule has 0 radical (unpaired) electrons. The van der Waals surface area contributed by atoms with Crippen LogP contribution in [-0.4, -0.2) is 36.1 Å². The highest BCUT2D eigenvalue weighted by Gasteiger charge is 2.16. The zero-order chi connectivity index (χ0) is 19.1. The van der Waals surface area contributed by atoms with Gasteiger partial charge in [0.25, 0.3) is 0 Å². The number of nitrogens with zero attached hydrogens (tertiary/aromatic N) is 1. The van der Waals surface area contributed by atoms with Crippen LogP contribution in [0, 0.1) is 0 Å². The topological polar surface area (TPSA) is 49.4 Å². The van der Waals surface area contributed by atoms with E-state index in [9.17, 15) is 9.59 Å². The highest BCUT2D eigenvalue weighted by atomic mass is 35.5. The first-order valence-corrected chi connectivity index (χ1v) is 9.85. The number of aryl methyl sites for hydroxylation is 1. The molecule has 0 unspecified atom stereocenters. The van der Waals surface area contributed by atoms with Gasteiger partial charge in [-0.15, -0.1) is 11.8 Å². The molecule has 26 heavy (non-hydrogen) atoms. The fourth-order valence-corrected chi connectivity index (χ4v) is 3.93. The Morgan fingerprint density at radius 1 is 1.08 bits per heavy atom. The van der Waals surface area contributed by atoms with Crippen molar-refractivity contribution in [2.45, 2.75) is 18.2 Å². The summed E-state index contributed by atoms with van der Waals surface area (Å²) in [6, 6.07) is 12.8. The van der Waals surface area contributed by atoms with Crippen molar-refractivity contribution in [1.29, 1.82) is 0 Å². The van der Waals surface area contributed by atoms with E-state index in [0.29, 0.717) is 14.9 Å². The number of hydrogen-bond donors (Lipinski definition) is 1. The minimum atomic E-state index is -0.234. The quantitative estimate of drug-likeness (QED) is 0.670. The maximum absolute atomic E-state index is 12.3. The summed E-state index contributed by atoms with van der Waals surface area (Å²) in [6.45, 7) is 2.01. The second kappa shape index (κ2) is 9.86. The van der Waals surface area contributed by atoms with Crippen LogP contribution < -0.4 is 5.32 Å². The first-order chi connectivity index (χ1) is 12.4. The number of halogens is 2. The fraction of sp³-hybridized carbons (Fsp3) is 0.263. The Hall–Kier alpha value is -1.69. The van der Waals surface area contributed by atoms with Crippen LogP contribution in [0.15, 0.2) is 47.4 Å². The van der Waals surface area contributed by atoms with E-state index < -0.39 is 0 Å². The van der Waals surface area contributed by atoms with E-state index in [1.165, 1.54) is 16.7 Å². The molecule has 2 aromatic carbocycles. The number of nitrogens with one attached hydrogen (secondary N) is 1. The van der Waals surface area contributed by atoms with E-state index >= 15 is 0 Å². The first-order valence-electron chi connectivity index (χ1n) is 8.11. The molecule has 0 aliphatic heterocycles. The lowest BCUT2D eigenvalue weighted by atomic mass is 10.1.